The molecule has 3 fully saturated rings. The van der Waals surface area contributed by atoms with Crippen LogP contribution in [0.3, 0.4) is 0 Å². The van der Waals surface area contributed by atoms with Gasteiger partial charge in [-0.3, -0.25) is 37.0 Å². The maximum atomic E-state index is 15.9. The number of imidazole rings is 2. The number of hydrogen-bond donors (Lipinski definition) is 5. The average molecular weight is 694 g/mol. The minimum absolute atomic E-state index is 0.00627. The summed E-state index contributed by atoms with van der Waals surface area (Å²) in [5.74, 6) is -0.285. The monoisotopic (exact) mass is 694 g/mol. The zero-order chi connectivity index (χ0) is 31.8. The van der Waals surface area contributed by atoms with E-state index in [1.807, 2.05) is 0 Å². The average Bonchev–Trinajstić information content (AvgIpc) is 3.72. The Morgan fingerprint density at radius 3 is 2.38 bits per heavy atom. The molecule has 0 aromatic carbocycles. The highest BCUT2D eigenvalue weighted by molar-refractivity contribution is 8.44. The summed E-state index contributed by atoms with van der Waals surface area (Å²) in [6, 6.07) is 0. The van der Waals surface area contributed by atoms with E-state index in [2.05, 4.69) is 42.2 Å². The van der Waals surface area contributed by atoms with Gasteiger partial charge in [-0.25, -0.2) is 37.8 Å². The Morgan fingerprint density at radius 2 is 1.60 bits per heavy atom. The van der Waals surface area contributed by atoms with Crippen LogP contribution in [-0.2, 0) is 36.7 Å². The number of nitrogens with zero attached hydrogens (tertiary/aromatic N) is 7. The van der Waals surface area contributed by atoms with Gasteiger partial charge in [-0.1, -0.05) is 12.2 Å². The van der Waals surface area contributed by atoms with Crippen LogP contribution in [-0.4, -0.2) is 93.9 Å². The highest BCUT2D eigenvalue weighted by Gasteiger charge is 2.54. The highest BCUT2D eigenvalue weighted by Crippen LogP contribution is 2.58. The molecule has 25 heteroatoms. The number of H-pyrrole nitrogens is 1. The number of hydrogen-bond acceptors (Lipinski definition) is 16. The minimum atomic E-state index is -5.16. The summed E-state index contributed by atoms with van der Waals surface area (Å²) in [6.07, 6.45) is -10.9. The van der Waals surface area contributed by atoms with Crippen LogP contribution in [0.4, 0.5) is 20.5 Å². The lowest BCUT2D eigenvalue weighted by atomic mass is 10.1. The van der Waals surface area contributed by atoms with Crippen LogP contribution in [0.5, 0.6) is 0 Å². The fraction of sp³-hybridized carbons (Fsp3) is 0.500. The van der Waals surface area contributed by atoms with Crippen LogP contribution in [0.2, 0.25) is 0 Å². The van der Waals surface area contributed by atoms with Crippen LogP contribution < -0.4 is 17.0 Å². The van der Waals surface area contributed by atoms with Crippen molar-refractivity contribution in [3.8, 4) is 0 Å². The van der Waals surface area contributed by atoms with E-state index in [1.165, 1.54) is 6.33 Å². The lowest BCUT2D eigenvalue weighted by molar-refractivity contribution is -0.0611. The van der Waals surface area contributed by atoms with E-state index < -0.39 is 82.6 Å². The summed E-state index contributed by atoms with van der Waals surface area (Å²) in [7, 11) is -5.16. The van der Waals surface area contributed by atoms with Crippen LogP contribution in [0, 0.1) is 0 Å². The molecule has 4 aromatic heterocycles. The Morgan fingerprint density at radius 1 is 0.911 bits per heavy atom. The van der Waals surface area contributed by atoms with Crippen molar-refractivity contribution < 1.29 is 50.4 Å². The van der Waals surface area contributed by atoms with Crippen molar-refractivity contribution in [2.24, 2.45) is 0 Å². The summed E-state index contributed by atoms with van der Waals surface area (Å²) >= 11 is 3.95. The number of halogens is 2. The van der Waals surface area contributed by atoms with Crippen LogP contribution >= 0.6 is 26.9 Å². The number of rotatable bonds is 2. The van der Waals surface area contributed by atoms with Crippen molar-refractivity contribution in [1.82, 2.24) is 39.0 Å². The second-order valence-electron chi connectivity index (χ2n) is 10.0. The number of aromatic amines is 1. The van der Waals surface area contributed by atoms with Crippen molar-refractivity contribution in [1.29, 1.82) is 0 Å². The van der Waals surface area contributed by atoms with Gasteiger partial charge < -0.3 is 25.8 Å². The number of phosphoric acid groups is 1. The quantitative estimate of drug-likeness (QED) is 0.142. The van der Waals surface area contributed by atoms with Gasteiger partial charge in [0.2, 0.25) is 5.95 Å². The van der Waals surface area contributed by atoms with Crippen molar-refractivity contribution in [2.45, 2.75) is 49.2 Å². The summed E-state index contributed by atoms with van der Waals surface area (Å²) in [5.41, 5.74) is 10.6. The lowest BCUT2D eigenvalue weighted by Gasteiger charge is -2.25. The molecule has 2 unspecified atom stereocenters. The summed E-state index contributed by atoms with van der Waals surface area (Å²) in [6.45, 7) is -6.25. The third kappa shape index (κ3) is 5.41. The van der Waals surface area contributed by atoms with Gasteiger partial charge in [0.25, 0.3) is 5.56 Å². The Balaban J connectivity index is 1.21. The van der Waals surface area contributed by atoms with Gasteiger partial charge in [0.15, 0.2) is 47.4 Å². The molecule has 7 heterocycles. The molecule has 3 saturated heterocycles. The molecule has 0 radical (unpaired) electrons. The third-order valence-corrected chi connectivity index (χ3v) is 9.83. The molecule has 0 amide bonds. The molecule has 10 atom stereocenters. The number of ether oxygens (including phenoxy) is 2. The van der Waals surface area contributed by atoms with Gasteiger partial charge >= 0.3 is 14.6 Å². The maximum absolute atomic E-state index is 15.9. The first kappa shape index (κ1) is 30.5. The molecule has 4 aromatic rings. The first-order valence-electron chi connectivity index (χ1n) is 12.9. The van der Waals surface area contributed by atoms with E-state index in [1.54, 1.807) is 0 Å². The minimum Gasteiger partial charge on any atom is -0.382 e. The third-order valence-electron chi connectivity index (χ3n) is 7.23. The zero-order valence-corrected chi connectivity index (χ0v) is 25.0. The number of thiol groups is 1. The Hall–Kier alpha value is -3.11. The SMILES string of the molecule is Nc1nc2c(ncn2[C@@H]2O[C@@H]3COP(=O)(O)O[C@H]4[C@H](F)[C@H](n5cnc6c(N)ncnc65)O[C@@H]4COP(=O)(S)O[C@@H]2[C@@H]3F)c(=O)[nH]1. The second-order valence-corrected chi connectivity index (χ2v) is 14.3. The van der Waals surface area contributed by atoms with Gasteiger partial charge in [-0.15, -0.1) is 0 Å². The number of phosphoric ester groups is 1. The predicted octanol–water partition coefficient (Wildman–Crippen LogP) is 0.550. The maximum Gasteiger partial charge on any atom is 0.472 e. The number of anilines is 2. The van der Waals surface area contributed by atoms with Crippen molar-refractivity contribution in [3.63, 3.8) is 0 Å². The van der Waals surface area contributed by atoms with Crippen LogP contribution in [0.25, 0.3) is 22.3 Å². The van der Waals surface area contributed by atoms with E-state index in [4.69, 9.17) is 39.0 Å². The number of nitrogens with one attached hydrogen (secondary N) is 1. The van der Waals surface area contributed by atoms with Gasteiger partial charge in [0.1, 0.15) is 36.3 Å². The predicted molar refractivity (Wildman–Crippen MR) is 148 cm³/mol. The van der Waals surface area contributed by atoms with E-state index >= 15 is 8.78 Å². The first-order chi connectivity index (χ1) is 21.3. The smallest absolute Gasteiger partial charge is 0.382 e. The molecule has 6 N–H and O–H groups in total. The Bertz CT molecular complexity index is 1950. The normalized spacial score (nSPS) is 37.7. The summed E-state index contributed by atoms with van der Waals surface area (Å²) in [5, 5.41) is 0. The molecule has 242 valence electrons. The molecular formula is C20H22F2N10O10P2S. The van der Waals surface area contributed by atoms with Crippen LogP contribution in [0.15, 0.2) is 23.8 Å². The van der Waals surface area contributed by atoms with Gasteiger partial charge in [0.05, 0.1) is 25.9 Å². The lowest BCUT2D eigenvalue weighted by Crippen LogP contribution is -2.34. The Labute approximate surface area is 253 Å². The van der Waals surface area contributed by atoms with Gasteiger partial charge in [0, 0.05) is 0 Å². The number of alkyl halides is 2. The molecule has 20 nitrogen and oxygen atoms in total. The van der Waals surface area contributed by atoms with E-state index in [9.17, 15) is 18.8 Å². The Kier molecular flexibility index (Phi) is 7.47. The highest BCUT2D eigenvalue weighted by atomic mass is 32.7. The van der Waals surface area contributed by atoms with Gasteiger partial charge in [-0.2, -0.15) is 4.98 Å². The standard InChI is InChI=1S/C20H22F2N10O10P2S/c21-8-6-1-37-43(34,35)41-12-7(40-18(9(12)22)31-4-27-10-14(23)25-3-26-15(10)31)2-38-44(36,45)42-13(8)19(39-6)32-5-28-11-16(32)29-20(24)30-17(11)33/h3-9,12-13,18-19H,1-2H2,(H,34,35)(H,36,45)(H2,23,25,26)(H3,24,29,30,33)/t6-,7-,8-,9+,12-,13-,18-,19-,44?/m1/s1. The molecule has 7 rings (SSSR count). The number of nitrogen functional groups attached to an aromatic ring is 2. The largest absolute Gasteiger partial charge is 0.472 e. The van der Waals surface area contributed by atoms with Crippen LogP contribution in [0.1, 0.15) is 12.5 Å². The first-order valence-corrected chi connectivity index (χ1v) is 17.1. The second kappa shape index (κ2) is 11.0. The number of nitrogens with two attached hydrogens (primary N) is 2. The molecule has 0 saturated carbocycles. The molecule has 45 heavy (non-hydrogen) atoms. The van der Waals surface area contributed by atoms with E-state index in [0.717, 1.165) is 21.8 Å². The zero-order valence-electron chi connectivity index (χ0n) is 22.3. The molecule has 0 spiro atoms. The summed E-state index contributed by atoms with van der Waals surface area (Å²) < 4.78 is 92.7. The van der Waals surface area contributed by atoms with Crippen molar-refractivity contribution >= 4 is 61.0 Å². The summed E-state index contributed by atoms with van der Waals surface area (Å²) in [4.78, 5) is 44.9. The fourth-order valence-electron chi connectivity index (χ4n) is 5.23. The molecule has 0 aliphatic carbocycles. The van der Waals surface area contributed by atoms with E-state index in [-0.39, 0.29) is 34.1 Å². The molecule has 2 bridgehead atoms. The van der Waals surface area contributed by atoms with E-state index in [0.29, 0.717) is 0 Å². The fourth-order valence-corrected chi connectivity index (χ4v) is 7.64. The number of fused-ring (bicyclic) bond motifs is 5. The van der Waals surface area contributed by atoms with Crippen molar-refractivity contribution in [2.75, 3.05) is 24.7 Å². The topological polar surface area (TPSA) is 269 Å². The molecule has 3 aliphatic heterocycles. The van der Waals surface area contributed by atoms with Gasteiger partial charge in [-0.05, 0) is 0 Å². The van der Waals surface area contributed by atoms with Crippen molar-refractivity contribution in [3.05, 3.63) is 29.3 Å². The molecular weight excluding hydrogens is 672 g/mol. The molecule has 3 aliphatic rings. The number of aromatic nitrogens is 8.